The van der Waals surface area contributed by atoms with E-state index < -0.39 is 4.92 Å². The number of benzene rings is 1. The first-order chi connectivity index (χ1) is 9.63. The van der Waals surface area contributed by atoms with E-state index in [1.165, 1.54) is 6.07 Å². The molecule has 0 spiro atoms. The van der Waals surface area contributed by atoms with E-state index in [9.17, 15) is 10.1 Å². The molecule has 0 saturated carbocycles. The summed E-state index contributed by atoms with van der Waals surface area (Å²) < 4.78 is 6.02. The molecule has 6 nitrogen and oxygen atoms in total. The van der Waals surface area contributed by atoms with Crippen LogP contribution in [-0.4, -0.2) is 29.2 Å². The SMILES string of the molecule is CC1(C)CN(c2ccc([N+](=O)[O-])c(C#N)c2)CC(C)(C)O1. The summed E-state index contributed by atoms with van der Waals surface area (Å²) in [5, 5.41) is 20.0. The van der Waals surface area contributed by atoms with Gasteiger partial charge in [0.25, 0.3) is 5.69 Å². The predicted octanol–water partition coefficient (Wildman–Crippen LogP) is 2.86. The van der Waals surface area contributed by atoms with E-state index in [-0.39, 0.29) is 22.5 Å². The first kappa shape index (κ1) is 15.3. The Morgan fingerprint density at radius 2 is 1.86 bits per heavy atom. The van der Waals surface area contributed by atoms with Crippen molar-refractivity contribution < 1.29 is 9.66 Å². The Balaban J connectivity index is 2.38. The number of anilines is 1. The van der Waals surface area contributed by atoms with Gasteiger partial charge < -0.3 is 9.64 Å². The zero-order valence-electron chi connectivity index (χ0n) is 12.7. The van der Waals surface area contributed by atoms with Crippen molar-refractivity contribution in [1.29, 1.82) is 5.26 Å². The van der Waals surface area contributed by atoms with Gasteiger partial charge in [-0.15, -0.1) is 0 Å². The minimum Gasteiger partial charge on any atom is -0.366 e. The molecule has 1 saturated heterocycles. The first-order valence-corrected chi connectivity index (χ1v) is 6.77. The summed E-state index contributed by atoms with van der Waals surface area (Å²) >= 11 is 0. The molecule has 0 atom stereocenters. The number of nitrogens with zero attached hydrogens (tertiary/aromatic N) is 3. The third-order valence-corrected chi connectivity index (χ3v) is 3.36. The molecule has 0 amide bonds. The van der Waals surface area contributed by atoms with Crippen LogP contribution in [0.3, 0.4) is 0 Å². The van der Waals surface area contributed by atoms with Gasteiger partial charge in [0.05, 0.1) is 16.1 Å². The summed E-state index contributed by atoms with van der Waals surface area (Å²) in [6, 6.07) is 6.56. The van der Waals surface area contributed by atoms with Crippen molar-refractivity contribution >= 4 is 11.4 Å². The third kappa shape index (κ3) is 3.31. The normalized spacial score (nSPS) is 19.9. The molecule has 0 aromatic heterocycles. The number of nitro benzene ring substituents is 1. The summed E-state index contributed by atoms with van der Waals surface area (Å²) in [7, 11) is 0. The standard InChI is InChI=1S/C15H19N3O3/c1-14(2)9-17(10-15(3,4)21-14)12-5-6-13(18(19)20)11(7-12)8-16/h5-7H,9-10H2,1-4H3. The summed E-state index contributed by atoms with van der Waals surface area (Å²) in [6.45, 7) is 9.38. The van der Waals surface area contributed by atoms with E-state index in [1.54, 1.807) is 12.1 Å². The van der Waals surface area contributed by atoms with E-state index in [4.69, 9.17) is 10.00 Å². The molecular formula is C15H19N3O3. The van der Waals surface area contributed by atoms with Crippen molar-refractivity contribution in [1.82, 2.24) is 0 Å². The molecule has 0 unspecified atom stereocenters. The van der Waals surface area contributed by atoms with Crippen molar-refractivity contribution in [3.8, 4) is 6.07 Å². The van der Waals surface area contributed by atoms with Gasteiger partial charge in [0.1, 0.15) is 11.6 Å². The first-order valence-electron chi connectivity index (χ1n) is 6.77. The maximum Gasteiger partial charge on any atom is 0.287 e. The Hall–Kier alpha value is -2.13. The van der Waals surface area contributed by atoms with Crippen LogP contribution in [0.25, 0.3) is 0 Å². The van der Waals surface area contributed by atoms with Crippen LogP contribution in [0, 0.1) is 21.4 Å². The minimum absolute atomic E-state index is 0.0830. The second-order valence-electron chi connectivity index (χ2n) is 6.55. The van der Waals surface area contributed by atoms with Crippen LogP contribution in [0.1, 0.15) is 33.3 Å². The summed E-state index contributed by atoms with van der Waals surface area (Å²) in [4.78, 5) is 12.5. The Morgan fingerprint density at radius 1 is 1.29 bits per heavy atom. The quantitative estimate of drug-likeness (QED) is 0.618. The van der Waals surface area contributed by atoms with Gasteiger partial charge in [0.2, 0.25) is 0 Å². The van der Waals surface area contributed by atoms with Crippen molar-refractivity contribution in [2.75, 3.05) is 18.0 Å². The molecule has 0 aliphatic carbocycles. The highest BCUT2D eigenvalue weighted by atomic mass is 16.6. The van der Waals surface area contributed by atoms with E-state index in [2.05, 4.69) is 4.90 Å². The Kier molecular flexibility index (Phi) is 3.64. The second-order valence-corrected chi connectivity index (χ2v) is 6.55. The topological polar surface area (TPSA) is 79.4 Å². The summed E-state index contributed by atoms with van der Waals surface area (Å²) in [6.07, 6.45) is 0. The van der Waals surface area contributed by atoms with Crippen LogP contribution in [0.15, 0.2) is 18.2 Å². The van der Waals surface area contributed by atoms with Crippen molar-refractivity contribution in [2.24, 2.45) is 0 Å². The molecular weight excluding hydrogens is 270 g/mol. The average Bonchev–Trinajstić information content (AvgIpc) is 2.34. The molecule has 21 heavy (non-hydrogen) atoms. The largest absolute Gasteiger partial charge is 0.366 e. The highest BCUT2D eigenvalue weighted by molar-refractivity contribution is 5.60. The lowest BCUT2D eigenvalue weighted by Gasteiger charge is -2.48. The smallest absolute Gasteiger partial charge is 0.287 e. The molecule has 1 aromatic carbocycles. The fraction of sp³-hybridized carbons (Fsp3) is 0.533. The van der Waals surface area contributed by atoms with Gasteiger partial charge in [-0.3, -0.25) is 10.1 Å². The van der Waals surface area contributed by atoms with E-state index in [0.717, 1.165) is 5.69 Å². The average molecular weight is 289 g/mol. The number of ether oxygens (including phenoxy) is 1. The van der Waals surface area contributed by atoms with Gasteiger partial charge in [-0.05, 0) is 39.8 Å². The van der Waals surface area contributed by atoms with Gasteiger partial charge in [-0.25, -0.2) is 0 Å². The van der Waals surface area contributed by atoms with Gasteiger partial charge in [0, 0.05) is 24.8 Å². The predicted molar refractivity (Wildman–Crippen MR) is 79.3 cm³/mol. The minimum atomic E-state index is -0.532. The fourth-order valence-electron chi connectivity index (χ4n) is 2.94. The molecule has 112 valence electrons. The number of hydrogen-bond donors (Lipinski definition) is 0. The lowest BCUT2D eigenvalue weighted by molar-refractivity contribution is -0.385. The van der Waals surface area contributed by atoms with E-state index in [1.807, 2.05) is 33.8 Å². The van der Waals surface area contributed by atoms with E-state index >= 15 is 0 Å². The molecule has 1 aliphatic heterocycles. The highest BCUT2D eigenvalue weighted by Crippen LogP contribution is 2.33. The molecule has 0 radical (unpaired) electrons. The van der Waals surface area contributed by atoms with Crippen LogP contribution in [-0.2, 0) is 4.74 Å². The maximum atomic E-state index is 10.9. The molecule has 1 aliphatic rings. The molecule has 1 aromatic rings. The number of nitro groups is 1. The number of morpholine rings is 1. The van der Waals surface area contributed by atoms with Crippen LogP contribution in [0.2, 0.25) is 0 Å². The van der Waals surface area contributed by atoms with E-state index in [0.29, 0.717) is 13.1 Å². The molecule has 0 bridgehead atoms. The van der Waals surface area contributed by atoms with Crippen LogP contribution >= 0.6 is 0 Å². The highest BCUT2D eigenvalue weighted by Gasteiger charge is 2.38. The number of nitriles is 1. The van der Waals surface area contributed by atoms with Gasteiger partial charge >= 0.3 is 0 Å². The van der Waals surface area contributed by atoms with Gasteiger partial charge in [-0.1, -0.05) is 0 Å². The van der Waals surface area contributed by atoms with Crippen molar-refractivity contribution in [2.45, 2.75) is 38.9 Å². The third-order valence-electron chi connectivity index (χ3n) is 3.36. The van der Waals surface area contributed by atoms with Gasteiger partial charge in [-0.2, -0.15) is 5.26 Å². The molecule has 2 rings (SSSR count). The Labute approximate surface area is 124 Å². The zero-order valence-corrected chi connectivity index (χ0v) is 12.7. The lowest BCUT2D eigenvalue weighted by Crippen LogP contribution is -2.57. The lowest BCUT2D eigenvalue weighted by atomic mass is 9.98. The van der Waals surface area contributed by atoms with Crippen LogP contribution < -0.4 is 4.90 Å². The zero-order chi connectivity index (χ0) is 15.8. The maximum absolute atomic E-state index is 10.9. The fourth-order valence-corrected chi connectivity index (χ4v) is 2.94. The van der Waals surface area contributed by atoms with Gasteiger partial charge in [0.15, 0.2) is 0 Å². The molecule has 6 heteroatoms. The van der Waals surface area contributed by atoms with Crippen molar-refractivity contribution in [3.63, 3.8) is 0 Å². The Bertz CT molecular complexity index is 601. The summed E-state index contributed by atoms with van der Waals surface area (Å²) in [5.74, 6) is 0. The second kappa shape index (κ2) is 5.01. The molecule has 1 fully saturated rings. The monoisotopic (exact) mass is 289 g/mol. The molecule has 1 heterocycles. The Morgan fingerprint density at radius 3 is 2.33 bits per heavy atom. The van der Waals surface area contributed by atoms with Crippen LogP contribution in [0.5, 0.6) is 0 Å². The van der Waals surface area contributed by atoms with Crippen LogP contribution in [0.4, 0.5) is 11.4 Å². The number of hydrogen-bond acceptors (Lipinski definition) is 5. The van der Waals surface area contributed by atoms with Crippen molar-refractivity contribution in [3.05, 3.63) is 33.9 Å². The molecule has 0 N–H and O–H groups in total. The summed E-state index contributed by atoms with van der Waals surface area (Å²) in [5.41, 5.74) is 0.0846. The number of rotatable bonds is 2.